The fraction of sp³-hybridized carbons (Fsp3) is 0.800. The molecule has 88 valence electrons. The Morgan fingerprint density at radius 3 is 2.27 bits per heavy atom. The highest BCUT2D eigenvalue weighted by Gasteiger charge is 2.22. The summed E-state index contributed by atoms with van der Waals surface area (Å²) in [5, 5.41) is 5.33. The zero-order valence-corrected chi connectivity index (χ0v) is 10.8. The summed E-state index contributed by atoms with van der Waals surface area (Å²) in [6, 6.07) is 0. The molecule has 0 fully saturated rings. The van der Waals surface area contributed by atoms with Crippen LogP contribution in [0.15, 0.2) is 0 Å². The van der Waals surface area contributed by atoms with Crippen molar-refractivity contribution in [3.63, 3.8) is 0 Å². The maximum absolute atomic E-state index is 11.6. The maximum Gasteiger partial charge on any atom is 0.229 e. The Kier molecular flexibility index (Phi) is 5.72. The first-order valence-corrected chi connectivity index (χ1v) is 5.95. The summed E-state index contributed by atoms with van der Waals surface area (Å²) in [6.45, 7) is 7.45. The quantitative estimate of drug-likeness (QED) is 0.710. The van der Waals surface area contributed by atoms with E-state index in [1.54, 1.807) is 7.05 Å². The van der Waals surface area contributed by atoms with Gasteiger partial charge in [-0.1, -0.05) is 20.8 Å². The zero-order chi connectivity index (χ0) is 12.1. The van der Waals surface area contributed by atoms with Gasteiger partial charge in [0.1, 0.15) is 0 Å². The number of nitrogens with one attached hydrogen (secondary N) is 2. The summed E-state index contributed by atoms with van der Waals surface area (Å²) in [4.78, 5) is 22.5. The molecule has 0 saturated heterocycles. The second-order valence-corrected chi connectivity index (χ2v) is 5.68. The van der Waals surface area contributed by atoms with E-state index in [4.69, 9.17) is 0 Å². The van der Waals surface area contributed by atoms with E-state index >= 15 is 0 Å². The smallest absolute Gasteiger partial charge is 0.229 e. The Morgan fingerprint density at radius 2 is 1.87 bits per heavy atom. The molecular formula is C10H20N2O2S. The van der Waals surface area contributed by atoms with Gasteiger partial charge < -0.3 is 10.6 Å². The van der Waals surface area contributed by atoms with Crippen molar-refractivity contribution in [2.75, 3.05) is 12.8 Å². The molecule has 1 atom stereocenters. The minimum absolute atomic E-state index is 0.000549. The third-order valence-corrected chi connectivity index (χ3v) is 2.81. The molecule has 0 heterocycles. The van der Waals surface area contributed by atoms with Crippen LogP contribution >= 0.6 is 11.8 Å². The Balaban J connectivity index is 3.89. The van der Waals surface area contributed by atoms with Gasteiger partial charge in [0, 0.05) is 12.5 Å². The molecule has 0 aliphatic rings. The second kappa shape index (κ2) is 6.00. The van der Waals surface area contributed by atoms with Gasteiger partial charge in [0.25, 0.3) is 0 Å². The molecule has 0 aromatic rings. The largest absolute Gasteiger partial charge is 0.358 e. The van der Waals surface area contributed by atoms with Crippen molar-refractivity contribution in [1.29, 1.82) is 0 Å². The highest BCUT2D eigenvalue weighted by atomic mass is 32.2. The van der Waals surface area contributed by atoms with E-state index in [1.165, 1.54) is 11.8 Å². The Hall–Kier alpha value is -0.710. The predicted molar refractivity (Wildman–Crippen MR) is 63.6 cm³/mol. The maximum atomic E-state index is 11.6. The first-order valence-electron chi connectivity index (χ1n) is 4.90. The standard InChI is InChI=1S/C10H20N2O2S/c1-7(15-6-8(13)11-5)12-9(14)10(2,3)4/h7H,6H2,1-5H3,(H,11,13)(H,12,14). The average molecular weight is 232 g/mol. The van der Waals surface area contributed by atoms with Crippen molar-refractivity contribution < 1.29 is 9.59 Å². The molecule has 0 saturated carbocycles. The van der Waals surface area contributed by atoms with Crippen LogP contribution in [0.25, 0.3) is 0 Å². The van der Waals surface area contributed by atoms with Gasteiger partial charge in [0.15, 0.2) is 0 Å². The Morgan fingerprint density at radius 1 is 1.33 bits per heavy atom. The van der Waals surface area contributed by atoms with Crippen LogP contribution in [0.3, 0.4) is 0 Å². The summed E-state index contributed by atoms with van der Waals surface area (Å²) in [5.74, 6) is 0.332. The van der Waals surface area contributed by atoms with Gasteiger partial charge in [-0.3, -0.25) is 9.59 Å². The van der Waals surface area contributed by atoms with Gasteiger partial charge >= 0.3 is 0 Å². The van der Waals surface area contributed by atoms with Crippen LogP contribution in [0.5, 0.6) is 0 Å². The molecule has 0 aromatic carbocycles. The number of hydrogen-bond donors (Lipinski definition) is 2. The number of rotatable bonds is 4. The van der Waals surface area contributed by atoms with Gasteiger partial charge in [-0.15, -0.1) is 11.8 Å². The molecule has 2 N–H and O–H groups in total. The Bertz CT molecular complexity index is 236. The van der Waals surface area contributed by atoms with Crippen LogP contribution in [-0.4, -0.2) is 30.0 Å². The lowest BCUT2D eigenvalue weighted by Crippen LogP contribution is -2.39. The van der Waals surface area contributed by atoms with E-state index in [0.717, 1.165) is 0 Å². The van der Waals surface area contributed by atoms with Gasteiger partial charge in [0.2, 0.25) is 11.8 Å². The molecule has 5 heteroatoms. The van der Waals surface area contributed by atoms with E-state index < -0.39 is 0 Å². The van der Waals surface area contributed by atoms with Crippen LogP contribution in [-0.2, 0) is 9.59 Å². The van der Waals surface area contributed by atoms with E-state index in [1.807, 2.05) is 27.7 Å². The summed E-state index contributed by atoms with van der Waals surface area (Å²) in [5.41, 5.74) is -0.387. The molecule has 0 aromatic heterocycles. The SMILES string of the molecule is CNC(=O)CSC(C)NC(=O)C(C)(C)C. The molecule has 0 bridgehead atoms. The summed E-state index contributed by atoms with van der Waals surface area (Å²) in [7, 11) is 1.60. The molecule has 4 nitrogen and oxygen atoms in total. The zero-order valence-electron chi connectivity index (χ0n) is 10.0. The van der Waals surface area contributed by atoms with Gasteiger partial charge in [-0.05, 0) is 6.92 Å². The first-order chi connectivity index (χ1) is 6.77. The van der Waals surface area contributed by atoms with Crippen molar-refractivity contribution in [3.8, 4) is 0 Å². The highest BCUT2D eigenvalue weighted by molar-refractivity contribution is 8.00. The topological polar surface area (TPSA) is 58.2 Å². The second-order valence-electron chi connectivity index (χ2n) is 4.35. The van der Waals surface area contributed by atoms with Crippen LogP contribution in [0.4, 0.5) is 0 Å². The number of carbonyl (C=O) groups is 2. The summed E-state index contributed by atoms with van der Waals surface area (Å²) >= 11 is 1.41. The van der Waals surface area contributed by atoms with Gasteiger partial charge in [-0.2, -0.15) is 0 Å². The number of carbonyl (C=O) groups excluding carboxylic acids is 2. The molecule has 15 heavy (non-hydrogen) atoms. The lowest BCUT2D eigenvalue weighted by molar-refractivity contribution is -0.128. The van der Waals surface area contributed by atoms with E-state index in [-0.39, 0.29) is 22.6 Å². The van der Waals surface area contributed by atoms with Crippen molar-refractivity contribution in [3.05, 3.63) is 0 Å². The summed E-state index contributed by atoms with van der Waals surface area (Å²) < 4.78 is 0. The molecule has 0 aliphatic heterocycles. The first kappa shape index (κ1) is 14.3. The van der Waals surface area contributed by atoms with Crippen molar-refractivity contribution >= 4 is 23.6 Å². The number of hydrogen-bond acceptors (Lipinski definition) is 3. The monoisotopic (exact) mass is 232 g/mol. The molecule has 1 unspecified atom stereocenters. The van der Waals surface area contributed by atoms with E-state index in [9.17, 15) is 9.59 Å². The van der Waals surface area contributed by atoms with Crippen molar-refractivity contribution in [2.45, 2.75) is 33.1 Å². The average Bonchev–Trinajstić information content (AvgIpc) is 2.12. The van der Waals surface area contributed by atoms with E-state index in [0.29, 0.717) is 5.75 Å². The van der Waals surface area contributed by atoms with Gasteiger partial charge in [0.05, 0.1) is 11.1 Å². The molecule has 0 radical (unpaired) electrons. The minimum Gasteiger partial charge on any atom is -0.358 e. The fourth-order valence-electron chi connectivity index (χ4n) is 0.716. The number of thioether (sulfide) groups is 1. The van der Waals surface area contributed by atoms with Crippen LogP contribution in [0.2, 0.25) is 0 Å². The predicted octanol–water partition coefficient (Wildman–Crippen LogP) is 0.974. The molecule has 0 spiro atoms. The molecule has 0 rings (SSSR count). The minimum atomic E-state index is -0.387. The normalized spacial score (nSPS) is 13.1. The van der Waals surface area contributed by atoms with Crippen molar-refractivity contribution in [2.24, 2.45) is 5.41 Å². The number of amides is 2. The third kappa shape index (κ3) is 6.38. The van der Waals surface area contributed by atoms with E-state index in [2.05, 4.69) is 10.6 Å². The highest BCUT2D eigenvalue weighted by Crippen LogP contribution is 2.15. The summed E-state index contributed by atoms with van der Waals surface area (Å²) in [6.07, 6.45) is 0. The third-order valence-electron chi connectivity index (χ3n) is 1.76. The van der Waals surface area contributed by atoms with Crippen LogP contribution in [0.1, 0.15) is 27.7 Å². The van der Waals surface area contributed by atoms with Crippen LogP contribution < -0.4 is 10.6 Å². The molecular weight excluding hydrogens is 212 g/mol. The molecule has 2 amide bonds. The lowest BCUT2D eigenvalue weighted by Gasteiger charge is -2.21. The van der Waals surface area contributed by atoms with Gasteiger partial charge in [-0.25, -0.2) is 0 Å². The fourth-order valence-corrected chi connectivity index (χ4v) is 1.45. The molecule has 0 aliphatic carbocycles. The Labute approximate surface area is 95.6 Å². The van der Waals surface area contributed by atoms with Crippen molar-refractivity contribution in [1.82, 2.24) is 10.6 Å². The lowest BCUT2D eigenvalue weighted by atomic mass is 9.96. The van der Waals surface area contributed by atoms with Crippen LogP contribution in [0, 0.1) is 5.41 Å².